The number of carbonyl (C=O) groups excluding carboxylic acids is 2. The number of anilines is 2. The molecule has 4 heteroatoms. The summed E-state index contributed by atoms with van der Waals surface area (Å²) in [5, 5.41) is 7.93. The van der Waals surface area contributed by atoms with Crippen molar-refractivity contribution < 1.29 is 9.59 Å². The Balaban J connectivity index is 1.46. The fraction of sp³-hybridized carbons (Fsp3) is 0.0769. The van der Waals surface area contributed by atoms with Gasteiger partial charge in [0.05, 0.1) is 0 Å². The average molecular weight is 394 g/mol. The van der Waals surface area contributed by atoms with Crippen LogP contribution in [-0.4, -0.2) is 11.8 Å². The minimum atomic E-state index is -0.195. The van der Waals surface area contributed by atoms with Crippen LogP contribution in [0.1, 0.15) is 31.8 Å². The summed E-state index contributed by atoms with van der Waals surface area (Å²) in [5.41, 5.74) is 4.95. The number of fused-ring (bicyclic) bond motifs is 1. The summed E-state index contributed by atoms with van der Waals surface area (Å²) < 4.78 is 0. The molecule has 2 N–H and O–H groups in total. The van der Waals surface area contributed by atoms with E-state index in [-0.39, 0.29) is 11.8 Å². The molecule has 0 aliphatic heterocycles. The van der Waals surface area contributed by atoms with E-state index < -0.39 is 0 Å². The van der Waals surface area contributed by atoms with E-state index in [2.05, 4.69) is 30.5 Å². The van der Waals surface area contributed by atoms with Crippen LogP contribution >= 0.6 is 0 Å². The summed E-state index contributed by atoms with van der Waals surface area (Å²) >= 11 is 0. The number of hydrogen-bond acceptors (Lipinski definition) is 2. The molecule has 0 unspecified atom stereocenters. The van der Waals surface area contributed by atoms with Gasteiger partial charge in [0.2, 0.25) is 0 Å². The summed E-state index contributed by atoms with van der Waals surface area (Å²) in [4.78, 5) is 25.0. The van der Waals surface area contributed by atoms with Crippen LogP contribution in [-0.2, 0) is 0 Å². The molecule has 0 aromatic heterocycles. The number of para-hydroxylation sites is 1. The van der Waals surface area contributed by atoms with Crippen molar-refractivity contribution in [3.05, 3.63) is 107 Å². The molecule has 4 aromatic rings. The van der Waals surface area contributed by atoms with Crippen LogP contribution in [0.5, 0.6) is 0 Å². The quantitative estimate of drug-likeness (QED) is 0.449. The third kappa shape index (κ3) is 4.08. The zero-order chi connectivity index (χ0) is 21.1. The highest BCUT2D eigenvalue weighted by Crippen LogP contribution is 2.23. The molecule has 0 saturated heterocycles. The van der Waals surface area contributed by atoms with Gasteiger partial charge in [-0.2, -0.15) is 0 Å². The van der Waals surface area contributed by atoms with E-state index in [0.717, 1.165) is 16.5 Å². The van der Waals surface area contributed by atoms with Gasteiger partial charge in [-0.05, 0) is 84.3 Å². The van der Waals surface area contributed by atoms with Crippen LogP contribution in [0.2, 0.25) is 0 Å². The lowest BCUT2D eigenvalue weighted by Gasteiger charge is -2.10. The molecule has 0 heterocycles. The Morgan fingerprint density at radius 1 is 0.633 bits per heavy atom. The van der Waals surface area contributed by atoms with Crippen LogP contribution in [0.4, 0.5) is 11.4 Å². The Labute approximate surface area is 175 Å². The zero-order valence-electron chi connectivity index (χ0n) is 16.9. The third-order valence-electron chi connectivity index (χ3n) is 5.26. The first-order valence-corrected chi connectivity index (χ1v) is 9.79. The Bertz CT molecular complexity index is 1230. The van der Waals surface area contributed by atoms with Gasteiger partial charge >= 0.3 is 0 Å². The van der Waals surface area contributed by atoms with Crippen molar-refractivity contribution in [1.82, 2.24) is 0 Å². The summed E-state index contributed by atoms with van der Waals surface area (Å²) in [6.45, 7) is 4.17. The molecule has 0 radical (unpaired) electrons. The van der Waals surface area contributed by atoms with Gasteiger partial charge in [-0.3, -0.25) is 9.59 Å². The largest absolute Gasteiger partial charge is 0.322 e. The maximum Gasteiger partial charge on any atom is 0.255 e. The van der Waals surface area contributed by atoms with Crippen molar-refractivity contribution in [2.75, 3.05) is 10.6 Å². The maximum absolute atomic E-state index is 12.7. The Kier molecular flexibility index (Phi) is 5.31. The molecular formula is C26H22N2O2. The van der Waals surface area contributed by atoms with Gasteiger partial charge in [0.25, 0.3) is 11.8 Å². The normalized spacial score (nSPS) is 10.6. The second kappa shape index (κ2) is 8.21. The van der Waals surface area contributed by atoms with Crippen LogP contribution in [0.25, 0.3) is 10.8 Å². The van der Waals surface area contributed by atoms with Gasteiger partial charge in [-0.1, -0.05) is 36.4 Å². The third-order valence-corrected chi connectivity index (χ3v) is 5.26. The monoisotopic (exact) mass is 394 g/mol. The molecule has 0 aliphatic carbocycles. The van der Waals surface area contributed by atoms with E-state index in [0.29, 0.717) is 16.8 Å². The van der Waals surface area contributed by atoms with Crippen molar-refractivity contribution >= 4 is 34.0 Å². The standard InChI is InChI=1S/C26H22N2O2/c1-17-8-9-20-16-21(12-15-24(20)18(17)2)26(30)28-23-13-10-19(11-14-23)25(29)27-22-6-4-3-5-7-22/h3-16H,1-2H3,(H,27,29)(H,28,30). The lowest BCUT2D eigenvalue weighted by molar-refractivity contribution is 0.102. The predicted molar refractivity (Wildman–Crippen MR) is 122 cm³/mol. The molecule has 2 amide bonds. The summed E-state index contributed by atoms with van der Waals surface area (Å²) in [7, 11) is 0. The lowest BCUT2D eigenvalue weighted by Crippen LogP contribution is -2.13. The molecule has 0 saturated carbocycles. The minimum Gasteiger partial charge on any atom is -0.322 e. The van der Waals surface area contributed by atoms with Gasteiger partial charge < -0.3 is 10.6 Å². The topological polar surface area (TPSA) is 58.2 Å². The fourth-order valence-electron chi connectivity index (χ4n) is 3.37. The number of carbonyl (C=O) groups is 2. The molecular weight excluding hydrogens is 372 g/mol. The van der Waals surface area contributed by atoms with Crippen LogP contribution in [0.3, 0.4) is 0 Å². The van der Waals surface area contributed by atoms with E-state index in [1.807, 2.05) is 54.6 Å². The molecule has 148 valence electrons. The van der Waals surface area contributed by atoms with Gasteiger partial charge in [0.15, 0.2) is 0 Å². The van der Waals surface area contributed by atoms with Crippen molar-refractivity contribution in [1.29, 1.82) is 0 Å². The number of benzene rings is 4. The predicted octanol–water partition coefficient (Wildman–Crippen LogP) is 5.96. The van der Waals surface area contributed by atoms with Crippen molar-refractivity contribution in [2.45, 2.75) is 13.8 Å². The van der Waals surface area contributed by atoms with E-state index in [9.17, 15) is 9.59 Å². The molecule has 30 heavy (non-hydrogen) atoms. The van der Waals surface area contributed by atoms with Gasteiger partial charge in [-0.15, -0.1) is 0 Å². The Morgan fingerprint density at radius 3 is 1.93 bits per heavy atom. The molecule has 4 rings (SSSR count). The molecule has 0 spiro atoms. The van der Waals surface area contributed by atoms with E-state index >= 15 is 0 Å². The van der Waals surface area contributed by atoms with E-state index in [1.165, 1.54) is 11.1 Å². The second-order valence-electron chi connectivity index (χ2n) is 7.29. The maximum atomic E-state index is 12.7. The van der Waals surface area contributed by atoms with Crippen molar-refractivity contribution in [3.63, 3.8) is 0 Å². The molecule has 0 aliphatic rings. The number of nitrogens with one attached hydrogen (secondary N) is 2. The molecule has 0 atom stereocenters. The first kappa shape index (κ1) is 19.4. The number of hydrogen-bond donors (Lipinski definition) is 2. The van der Waals surface area contributed by atoms with Crippen molar-refractivity contribution in [3.8, 4) is 0 Å². The molecule has 4 nitrogen and oxygen atoms in total. The van der Waals surface area contributed by atoms with E-state index in [4.69, 9.17) is 0 Å². The SMILES string of the molecule is Cc1ccc2cc(C(=O)Nc3ccc(C(=O)Nc4ccccc4)cc3)ccc2c1C. The smallest absolute Gasteiger partial charge is 0.255 e. The van der Waals surface area contributed by atoms with Crippen LogP contribution < -0.4 is 10.6 Å². The highest BCUT2D eigenvalue weighted by atomic mass is 16.2. The lowest BCUT2D eigenvalue weighted by atomic mass is 9.99. The van der Waals surface area contributed by atoms with Gasteiger partial charge in [0, 0.05) is 22.5 Å². The first-order valence-electron chi connectivity index (χ1n) is 9.79. The van der Waals surface area contributed by atoms with Crippen molar-refractivity contribution in [2.24, 2.45) is 0 Å². The fourth-order valence-corrected chi connectivity index (χ4v) is 3.37. The summed E-state index contributed by atoms with van der Waals surface area (Å²) in [6, 6.07) is 26.0. The summed E-state index contributed by atoms with van der Waals surface area (Å²) in [6.07, 6.45) is 0. The highest BCUT2D eigenvalue weighted by Gasteiger charge is 2.10. The van der Waals surface area contributed by atoms with Gasteiger partial charge in [0.1, 0.15) is 0 Å². The van der Waals surface area contributed by atoms with Gasteiger partial charge in [-0.25, -0.2) is 0 Å². The zero-order valence-corrected chi connectivity index (χ0v) is 16.9. The summed E-state index contributed by atoms with van der Waals surface area (Å²) in [5.74, 6) is -0.379. The first-order chi connectivity index (χ1) is 14.5. The molecule has 0 fully saturated rings. The molecule has 4 aromatic carbocycles. The Morgan fingerprint density at radius 2 is 1.23 bits per heavy atom. The Hall–Kier alpha value is -3.92. The van der Waals surface area contributed by atoms with Crippen LogP contribution in [0, 0.1) is 13.8 Å². The highest BCUT2D eigenvalue weighted by molar-refractivity contribution is 6.07. The average Bonchev–Trinajstić information content (AvgIpc) is 2.77. The second-order valence-corrected chi connectivity index (χ2v) is 7.29. The van der Waals surface area contributed by atoms with E-state index in [1.54, 1.807) is 24.3 Å². The number of rotatable bonds is 4. The van der Waals surface area contributed by atoms with Crippen LogP contribution in [0.15, 0.2) is 84.9 Å². The molecule has 0 bridgehead atoms. The number of aryl methyl sites for hydroxylation is 2. The minimum absolute atomic E-state index is 0.184. The number of amides is 2.